The van der Waals surface area contributed by atoms with Gasteiger partial charge in [0.2, 0.25) is 0 Å². The van der Waals surface area contributed by atoms with Crippen molar-refractivity contribution in [2.75, 3.05) is 6.61 Å². The summed E-state index contributed by atoms with van der Waals surface area (Å²) < 4.78 is 0. The van der Waals surface area contributed by atoms with E-state index in [0.717, 1.165) is 36.3 Å². The molecule has 1 saturated carbocycles. The minimum absolute atomic E-state index is 0.0960. The second kappa shape index (κ2) is 11.4. The van der Waals surface area contributed by atoms with Crippen LogP contribution in [0.3, 0.4) is 0 Å². The molecule has 0 heterocycles. The van der Waals surface area contributed by atoms with Crippen molar-refractivity contribution in [3.63, 3.8) is 0 Å². The molecule has 0 saturated heterocycles. The minimum atomic E-state index is -0.638. The van der Waals surface area contributed by atoms with Gasteiger partial charge in [-0.3, -0.25) is 0 Å². The topological polar surface area (TPSA) is 80.9 Å². The van der Waals surface area contributed by atoms with Crippen LogP contribution in [0.25, 0.3) is 0 Å². The van der Waals surface area contributed by atoms with Gasteiger partial charge in [0.15, 0.2) is 0 Å². The zero-order chi connectivity index (χ0) is 25.1. The van der Waals surface area contributed by atoms with Crippen LogP contribution < -0.4 is 0 Å². The number of aliphatic hydroxyl groups is 4. The van der Waals surface area contributed by atoms with Gasteiger partial charge >= 0.3 is 0 Å². The van der Waals surface area contributed by atoms with Crippen molar-refractivity contribution < 1.29 is 20.4 Å². The molecule has 0 aliphatic heterocycles. The first-order valence-corrected chi connectivity index (χ1v) is 13.7. The average Bonchev–Trinajstić information content (AvgIpc) is 3.12. The van der Waals surface area contributed by atoms with Crippen molar-refractivity contribution in [2.45, 2.75) is 117 Å². The minimum Gasteiger partial charge on any atom is -0.396 e. The predicted octanol–water partition coefficient (Wildman–Crippen LogP) is 5.70. The van der Waals surface area contributed by atoms with Crippen LogP contribution in [0.2, 0.25) is 0 Å². The molecule has 34 heavy (non-hydrogen) atoms. The van der Waals surface area contributed by atoms with E-state index in [1.165, 1.54) is 31.3 Å². The molecular weight excluding hydrogens is 424 g/mol. The Bertz CT molecular complexity index is 773. The summed E-state index contributed by atoms with van der Waals surface area (Å²) in [6, 6.07) is 0. The van der Waals surface area contributed by atoms with Gasteiger partial charge in [0.1, 0.15) is 0 Å². The van der Waals surface area contributed by atoms with Gasteiger partial charge in [-0.05, 0) is 112 Å². The molecule has 3 aliphatic carbocycles. The van der Waals surface area contributed by atoms with E-state index in [2.05, 4.69) is 32.1 Å². The SMILES string of the molecule is CC1=C(/C=C\C2=CCC[C@@]3(C)[C@@H]2CC[C@@H]3[C@H](C)CCCC(C)(C)O)C[C@@H](O)[C@@H](CCCO)[C@H]1O. The van der Waals surface area contributed by atoms with Crippen LogP contribution in [0.1, 0.15) is 98.8 Å². The van der Waals surface area contributed by atoms with E-state index >= 15 is 0 Å². The van der Waals surface area contributed by atoms with Gasteiger partial charge in [0, 0.05) is 12.5 Å². The highest BCUT2D eigenvalue weighted by Crippen LogP contribution is 2.58. The number of rotatable bonds is 10. The van der Waals surface area contributed by atoms with E-state index in [4.69, 9.17) is 5.11 Å². The lowest BCUT2D eigenvalue weighted by atomic mass is 9.62. The Balaban J connectivity index is 1.68. The Hall–Kier alpha value is -0.940. The maximum absolute atomic E-state index is 10.8. The van der Waals surface area contributed by atoms with E-state index in [-0.39, 0.29) is 12.5 Å². The van der Waals surface area contributed by atoms with Crippen LogP contribution in [0.4, 0.5) is 0 Å². The molecule has 0 radical (unpaired) electrons. The lowest BCUT2D eigenvalue weighted by Gasteiger charge is -2.43. The fraction of sp³-hybridized carbons (Fsp3) is 0.800. The summed E-state index contributed by atoms with van der Waals surface area (Å²) >= 11 is 0. The number of hydrogen-bond donors (Lipinski definition) is 4. The fourth-order valence-corrected chi connectivity index (χ4v) is 7.37. The molecule has 4 nitrogen and oxygen atoms in total. The summed E-state index contributed by atoms with van der Waals surface area (Å²) in [6.07, 6.45) is 15.5. The van der Waals surface area contributed by atoms with Crippen molar-refractivity contribution >= 4 is 0 Å². The molecule has 0 aromatic rings. The molecular formula is C30H50O4. The molecule has 4 heteroatoms. The number of allylic oxidation sites excluding steroid dienone is 4. The van der Waals surface area contributed by atoms with Crippen LogP contribution in [0, 0.1) is 29.1 Å². The van der Waals surface area contributed by atoms with Crippen LogP contribution in [0.15, 0.2) is 34.9 Å². The fourth-order valence-electron chi connectivity index (χ4n) is 7.37. The monoisotopic (exact) mass is 474 g/mol. The molecule has 0 unspecified atom stereocenters. The normalized spacial score (nSPS) is 35.6. The maximum Gasteiger partial charge on any atom is 0.0806 e. The Morgan fingerprint density at radius 2 is 1.91 bits per heavy atom. The Morgan fingerprint density at radius 3 is 2.59 bits per heavy atom. The number of hydrogen-bond acceptors (Lipinski definition) is 4. The van der Waals surface area contributed by atoms with Crippen LogP contribution in [-0.4, -0.2) is 44.8 Å². The molecule has 0 spiro atoms. The standard InChI is InChI=1S/C30H50O4/c1-20(9-6-16-29(3,4)34)25-14-15-26-22(10-7-17-30(25,26)5)12-13-23-19-27(32)24(11-8-18-31)28(33)21(23)2/h10,12-13,20,24-28,31-34H,6-9,11,14-19H2,1-5H3/b13-12-/t20-,24-,25-,26-,27-,28+,30-/m1/s1. The molecule has 3 rings (SSSR count). The molecule has 7 atom stereocenters. The maximum atomic E-state index is 10.8. The quantitative estimate of drug-likeness (QED) is 0.327. The third-order valence-corrected chi connectivity index (χ3v) is 9.46. The molecule has 4 N–H and O–H groups in total. The molecule has 1 fully saturated rings. The summed E-state index contributed by atoms with van der Waals surface area (Å²) in [5.41, 5.74) is 3.22. The highest BCUT2D eigenvalue weighted by Gasteiger charge is 2.49. The Labute approximate surface area is 207 Å². The molecule has 0 amide bonds. The van der Waals surface area contributed by atoms with Crippen molar-refractivity contribution in [3.8, 4) is 0 Å². The van der Waals surface area contributed by atoms with E-state index in [1.54, 1.807) is 0 Å². The smallest absolute Gasteiger partial charge is 0.0806 e. The highest BCUT2D eigenvalue weighted by atomic mass is 16.3. The van der Waals surface area contributed by atoms with Gasteiger partial charge in [-0.2, -0.15) is 0 Å². The van der Waals surface area contributed by atoms with Crippen molar-refractivity contribution in [1.82, 2.24) is 0 Å². The lowest BCUT2D eigenvalue weighted by molar-refractivity contribution is 0.0127. The Kier molecular flexibility index (Phi) is 9.28. The highest BCUT2D eigenvalue weighted by molar-refractivity contribution is 5.37. The second-order valence-electron chi connectivity index (χ2n) is 12.5. The van der Waals surface area contributed by atoms with Gasteiger partial charge in [-0.1, -0.05) is 44.9 Å². The zero-order valence-corrected chi connectivity index (χ0v) is 22.3. The van der Waals surface area contributed by atoms with Gasteiger partial charge in [0.25, 0.3) is 0 Å². The van der Waals surface area contributed by atoms with Gasteiger partial charge in [-0.15, -0.1) is 0 Å². The molecule has 3 aliphatic rings. The predicted molar refractivity (Wildman–Crippen MR) is 139 cm³/mol. The summed E-state index contributed by atoms with van der Waals surface area (Å²) in [7, 11) is 0. The molecule has 0 bridgehead atoms. The van der Waals surface area contributed by atoms with E-state index in [1.807, 2.05) is 20.8 Å². The largest absolute Gasteiger partial charge is 0.396 e. The summed E-state index contributed by atoms with van der Waals surface area (Å²) in [5.74, 6) is 1.79. The van der Waals surface area contributed by atoms with Crippen molar-refractivity contribution in [2.24, 2.45) is 29.1 Å². The van der Waals surface area contributed by atoms with Gasteiger partial charge in [-0.25, -0.2) is 0 Å². The zero-order valence-electron chi connectivity index (χ0n) is 22.3. The lowest BCUT2D eigenvalue weighted by Crippen LogP contribution is -2.37. The van der Waals surface area contributed by atoms with Crippen molar-refractivity contribution in [3.05, 3.63) is 34.9 Å². The van der Waals surface area contributed by atoms with Crippen LogP contribution >= 0.6 is 0 Å². The van der Waals surface area contributed by atoms with Crippen LogP contribution in [0.5, 0.6) is 0 Å². The summed E-state index contributed by atoms with van der Waals surface area (Å²) in [5, 5.41) is 40.7. The molecule has 0 aromatic carbocycles. The van der Waals surface area contributed by atoms with E-state index < -0.39 is 17.8 Å². The van der Waals surface area contributed by atoms with Gasteiger partial charge in [0.05, 0.1) is 17.8 Å². The first kappa shape index (κ1) is 27.6. The first-order chi connectivity index (χ1) is 16.0. The molecule has 0 aromatic heterocycles. The summed E-state index contributed by atoms with van der Waals surface area (Å²) in [6.45, 7) is 10.8. The average molecular weight is 475 g/mol. The van der Waals surface area contributed by atoms with Gasteiger partial charge < -0.3 is 20.4 Å². The Morgan fingerprint density at radius 1 is 1.18 bits per heavy atom. The van der Waals surface area contributed by atoms with Crippen LogP contribution in [-0.2, 0) is 0 Å². The summed E-state index contributed by atoms with van der Waals surface area (Å²) in [4.78, 5) is 0. The third-order valence-electron chi connectivity index (χ3n) is 9.46. The third kappa shape index (κ3) is 6.24. The number of fused-ring (bicyclic) bond motifs is 1. The second-order valence-corrected chi connectivity index (χ2v) is 12.5. The number of aliphatic hydroxyl groups excluding tert-OH is 3. The van der Waals surface area contributed by atoms with E-state index in [0.29, 0.717) is 36.5 Å². The van der Waals surface area contributed by atoms with E-state index in [9.17, 15) is 15.3 Å². The first-order valence-electron chi connectivity index (χ1n) is 13.7. The molecule has 194 valence electrons. The van der Waals surface area contributed by atoms with Crippen molar-refractivity contribution in [1.29, 1.82) is 0 Å².